The van der Waals surface area contributed by atoms with Gasteiger partial charge in [0, 0.05) is 48.7 Å². The Bertz CT molecular complexity index is 915. The van der Waals surface area contributed by atoms with Crippen LogP contribution in [0, 0.1) is 11.8 Å². The largest absolute Gasteiger partial charge is 0.472 e. The number of piperidine rings is 2. The number of rotatable bonds is 4. The minimum atomic E-state index is -0.121. The van der Waals surface area contributed by atoms with Crippen LogP contribution in [0.4, 0.5) is 5.82 Å². The third kappa shape index (κ3) is 5.15. The predicted molar refractivity (Wildman–Crippen MR) is 117 cm³/mol. The molecule has 2 aromatic heterocycles. The maximum absolute atomic E-state index is 13.0. The number of nitrogens with one attached hydrogen (secondary N) is 1. The maximum atomic E-state index is 13.0. The number of carbonyl (C=O) groups is 3. The van der Waals surface area contributed by atoms with Crippen molar-refractivity contribution in [2.24, 2.45) is 11.8 Å². The highest BCUT2D eigenvalue weighted by Gasteiger charge is 2.33. The summed E-state index contributed by atoms with van der Waals surface area (Å²) in [6.45, 7) is 2.30. The standard InChI is InChI=1S/C22H25BrN4O4/c23-18-1-2-19(24-13-18)25-20(28)15-3-8-26(9-4-15)21(29)16-5-10-27(11-6-16)22(30)17-7-12-31-14-17/h1-2,7,12-16H,3-6,8-11H2,(H,24,25,28). The van der Waals surface area contributed by atoms with E-state index in [2.05, 4.69) is 26.2 Å². The van der Waals surface area contributed by atoms with E-state index in [1.165, 1.54) is 12.5 Å². The van der Waals surface area contributed by atoms with Crippen molar-refractivity contribution in [2.45, 2.75) is 25.7 Å². The van der Waals surface area contributed by atoms with Gasteiger partial charge in [-0.25, -0.2) is 4.98 Å². The van der Waals surface area contributed by atoms with Gasteiger partial charge in [-0.1, -0.05) is 0 Å². The highest BCUT2D eigenvalue weighted by molar-refractivity contribution is 9.10. The zero-order valence-electron chi connectivity index (χ0n) is 17.1. The fourth-order valence-electron chi connectivity index (χ4n) is 4.20. The van der Waals surface area contributed by atoms with E-state index in [1.807, 2.05) is 11.0 Å². The number of carbonyl (C=O) groups excluding carboxylic acids is 3. The van der Waals surface area contributed by atoms with Crippen molar-refractivity contribution in [3.05, 3.63) is 47.0 Å². The average Bonchev–Trinajstić information content (AvgIpc) is 3.35. The van der Waals surface area contributed by atoms with E-state index in [9.17, 15) is 14.4 Å². The first-order valence-electron chi connectivity index (χ1n) is 10.5. The molecule has 2 saturated heterocycles. The van der Waals surface area contributed by atoms with Crippen molar-refractivity contribution < 1.29 is 18.8 Å². The lowest BCUT2D eigenvalue weighted by molar-refractivity contribution is -0.139. The molecule has 9 heteroatoms. The van der Waals surface area contributed by atoms with Crippen LogP contribution in [0.5, 0.6) is 0 Å². The van der Waals surface area contributed by atoms with Gasteiger partial charge in [-0.15, -0.1) is 0 Å². The van der Waals surface area contributed by atoms with E-state index in [-0.39, 0.29) is 29.6 Å². The minimum Gasteiger partial charge on any atom is -0.472 e. The molecule has 1 N–H and O–H groups in total. The lowest BCUT2D eigenvalue weighted by atomic mass is 9.91. The maximum Gasteiger partial charge on any atom is 0.257 e. The number of hydrogen-bond acceptors (Lipinski definition) is 5. The second-order valence-corrected chi connectivity index (χ2v) is 8.94. The number of halogens is 1. The van der Waals surface area contributed by atoms with Gasteiger partial charge < -0.3 is 19.5 Å². The van der Waals surface area contributed by atoms with E-state index in [0.29, 0.717) is 63.2 Å². The molecule has 2 aliphatic rings. The molecular formula is C22H25BrN4O4. The van der Waals surface area contributed by atoms with Gasteiger partial charge in [0.2, 0.25) is 11.8 Å². The van der Waals surface area contributed by atoms with E-state index in [0.717, 1.165) is 4.47 Å². The summed E-state index contributed by atoms with van der Waals surface area (Å²) in [6, 6.07) is 5.24. The van der Waals surface area contributed by atoms with E-state index in [1.54, 1.807) is 23.2 Å². The highest BCUT2D eigenvalue weighted by Crippen LogP contribution is 2.25. The monoisotopic (exact) mass is 488 g/mol. The van der Waals surface area contributed by atoms with E-state index in [4.69, 9.17) is 4.42 Å². The van der Waals surface area contributed by atoms with Gasteiger partial charge in [-0.05, 0) is 59.8 Å². The van der Waals surface area contributed by atoms with Crippen molar-refractivity contribution >= 4 is 39.5 Å². The number of furan rings is 1. The zero-order valence-corrected chi connectivity index (χ0v) is 18.7. The van der Waals surface area contributed by atoms with E-state index >= 15 is 0 Å². The normalized spacial score (nSPS) is 18.1. The number of pyridine rings is 1. The van der Waals surface area contributed by atoms with Gasteiger partial charge in [0.25, 0.3) is 5.91 Å². The summed E-state index contributed by atoms with van der Waals surface area (Å²) in [5, 5.41) is 2.85. The van der Waals surface area contributed by atoms with Gasteiger partial charge in [0.05, 0.1) is 11.8 Å². The topological polar surface area (TPSA) is 95.8 Å². The molecule has 164 valence electrons. The summed E-state index contributed by atoms with van der Waals surface area (Å²) in [7, 11) is 0. The van der Waals surface area contributed by atoms with Crippen LogP contribution in [0.25, 0.3) is 0 Å². The van der Waals surface area contributed by atoms with Crippen LogP contribution >= 0.6 is 15.9 Å². The van der Waals surface area contributed by atoms with Crippen LogP contribution < -0.4 is 5.32 Å². The van der Waals surface area contributed by atoms with Crippen molar-refractivity contribution in [1.82, 2.24) is 14.8 Å². The number of likely N-dealkylation sites (tertiary alicyclic amines) is 2. The minimum absolute atomic E-state index is 0.0482. The van der Waals surface area contributed by atoms with Crippen molar-refractivity contribution in [3.8, 4) is 0 Å². The van der Waals surface area contributed by atoms with Crippen molar-refractivity contribution in [1.29, 1.82) is 0 Å². The Morgan fingerprint density at radius 3 is 2.26 bits per heavy atom. The third-order valence-electron chi connectivity index (χ3n) is 6.06. The molecule has 0 atom stereocenters. The molecule has 2 aliphatic heterocycles. The summed E-state index contributed by atoms with van der Waals surface area (Å²) in [4.78, 5) is 45.7. The second-order valence-electron chi connectivity index (χ2n) is 8.03. The van der Waals surface area contributed by atoms with Crippen LogP contribution in [0.2, 0.25) is 0 Å². The van der Waals surface area contributed by atoms with Gasteiger partial charge >= 0.3 is 0 Å². The quantitative estimate of drug-likeness (QED) is 0.712. The van der Waals surface area contributed by atoms with Crippen LogP contribution in [-0.4, -0.2) is 58.7 Å². The molecule has 4 rings (SSSR count). The first kappa shape index (κ1) is 21.5. The molecule has 4 heterocycles. The predicted octanol–water partition coefficient (Wildman–Crippen LogP) is 3.17. The smallest absolute Gasteiger partial charge is 0.257 e. The molecule has 0 bridgehead atoms. The van der Waals surface area contributed by atoms with Crippen molar-refractivity contribution in [2.75, 3.05) is 31.5 Å². The van der Waals surface area contributed by atoms with Gasteiger partial charge in [-0.3, -0.25) is 14.4 Å². The van der Waals surface area contributed by atoms with Crippen LogP contribution in [0.15, 0.2) is 45.8 Å². The Balaban J connectivity index is 1.23. The molecule has 0 saturated carbocycles. The Morgan fingerprint density at radius 2 is 1.65 bits per heavy atom. The summed E-state index contributed by atoms with van der Waals surface area (Å²) < 4.78 is 5.84. The van der Waals surface area contributed by atoms with Crippen molar-refractivity contribution in [3.63, 3.8) is 0 Å². The lowest BCUT2D eigenvalue weighted by Gasteiger charge is -2.37. The van der Waals surface area contributed by atoms with Crippen LogP contribution in [-0.2, 0) is 9.59 Å². The molecular weight excluding hydrogens is 464 g/mol. The number of anilines is 1. The SMILES string of the molecule is O=C(Nc1ccc(Br)cn1)C1CCN(C(=O)C2CCN(C(=O)c3ccoc3)CC2)CC1. The molecule has 8 nitrogen and oxygen atoms in total. The first-order chi connectivity index (χ1) is 15.0. The fraction of sp³-hybridized carbons (Fsp3) is 0.455. The Morgan fingerprint density at radius 1 is 0.968 bits per heavy atom. The highest BCUT2D eigenvalue weighted by atomic mass is 79.9. The zero-order chi connectivity index (χ0) is 21.8. The van der Waals surface area contributed by atoms with Crippen LogP contribution in [0.3, 0.4) is 0 Å². The lowest BCUT2D eigenvalue weighted by Crippen LogP contribution is -2.47. The molecule has 2 aromatic rings. The fourth-order valence-corrected chi connectivity index (χ4v) is 4.43. The molecule has 0 aliphatic carbocycles. The molecule has 0 unspecified atom stereocenters. The first-order valence-corrected chi connectivity index (χ1v) is 11.3. The number of nitrogens with zero attached hydrogens (tertiary/aromatic N) is 3. The van der Waals surface area contributed by atoms with Gasteiger partial charge in [0.1, 0.15) is 12.1 Å². The summed E-state index contributed by atoms with van der Waals surface area (Å²) in [5.41, 5.74) is 0.545. The molecule has 0 spiro atoms. The number of hydrogen-bond donors (Lipinski definition) is 1. The summed E-state index contributed by atoms with van der Waals surface area (Å²) in [5.74, 6) is 0.390. The Hall–Kier alpha value is -2.68. The number of aromatic nitrogens is 1. The van der Waals surface area contributed by atoms with Gasteiger partial charge in [0.15, 0.2) is 0 Å². The Kier molecular flexibility index (Phi) is 6.70. The molecule has 0 aromatic carbocycles. The molecule has 0 radical (unpaired) electrons. The third-order valence-corrected chi connectivity index (χ3v) is 6.52. The molecule has 31 heavy (non-hydrogen) atoms. The Labute approximate surface area is 189 Å². The second kappa shape index (κ2) is 9.64. The average molecular weight is 489 g/mol. The number of amides is 3. The molecule has 3 amide bonds. The van der Waals surface area contributed by atoms with Gasteiger partial charge in [-0.2, -0.15) is 0 Å². The van der Waals surface area contributed by atoms with E-state index < -0.39 is 0 Å². The summed E-state index contributed by atoms with van der Waals surface area (Å²) in [6.07, 6.45) is 7.20. The summed E-state index contributed by atoms with van der Waals surface area (Å²) >= 11 is 3.32. The van der Waals surface area contributed by atoms with Crippen LogP contribution in [0.1, 0.15) is 36.0 Å². The molecule has 2 fully saturated rings.